The Labute approximate surface area is 184 Å². The summed E-state index contributed by atoms with van der Waals surface area (Å²) in [5.74, 6) is 1.76. The molecule has 0 unspecified atom stereocenters. The van der Waals surface area contributed by atoms with Crippen molar-refractivity contribution in [3.63, 3.8) is 0 Å². The maximum Gasteiger partial charge on any atom is 0.315 e. The summed E-state index contributed by atoms with van der Waals surface area (Å²) in [6, 6.07) is 5.45. The van der Waals surface area contributed by atoms with Crippen LogP contribution in [-0.4, -0.2) is 59.5 Å². The van der Waals surface area contributed by atoms with Crippen LogP contribution in [0.4, 0.5) is 0 Å². The zero-order chi connectivity index (χ0) is 21.2. The lowest BCUT2D eigenvalue weighted by molar-refractivity contribution is -0.139. The molecule has 29 heavy (non-hydrogen) atoms. The minimum atomic E-state index is -0.224. The van der Waals surface area contributed by atoms with Crippen molar-refractivity contribution in [2.24, 2.45) is 0 Å². The van der Waals surface area contributed by atoms with Crippen LogP contribution in [0.25, 0.3) is 6.08 Å². The molecular weight excluding hydrogens is 430 g/mol. The predicted octanol–water partition coefficient (Wildman–Crippen LogP) is 3.76. The van der Waals surface area contributed by atoms with E-state index in [0.29, 0.717) is 52.0 Å². The summed E-state index contributed by atoms with van der Waals surface area (Å²) in [7, 11) is 1.56. The highest BCUT2D eigenvalue weighted by Gasteiger charge is 2.30. The van der Waals surface area contributed by atoms with Gasteiger partial charge in [-0.2, -0.15) is 0 Å². The van der Waals surface area contributed by atoms with Gasteiger partial charge in [0, 0.05) is 12.3 Å². The van der Waals surface area contributed by atoms with Gasteiger partial charge >= 0.3 is 5.97 Å². The van der Waals surface area contributed by atoms with Crippen LogP contribution in [0.15, 0.2) is 35.8 Å². The van der Waals surface area contributed by atoms with E-state index in [-0.39, 0.29) is 11.9 Å². The number of hydrogen-bond acceptors (Lipinski definition) is 8. The second kappa shape index (κ2) is 11.9. The van der Waals surface area contributed by atoms with Crippen molar-refractivity contribution in [3.05, 3.63) is 41.3 Å². The molecule has 1 heterocycles. The van der Waals surface area contributed by atoms with Gasteiger partial charge in [-0.15, -0.1) is 18.3 Å². The molecule has 0 saturated carbocycles. The highest BCUT2D eigenvalue weighted by molar-refractivity contribution is 8.26. The average molecular weight is 454 g/mol. The number of carbonyl (C=O) groups excluding carboxylic acids is 2. The van der Waals surface area contributed by atoms with Crippen LogP contribution in [0.3, 0.4) is 0 Å². The smallest absolute Gasteiger partial charge is 0.315 e. The number of ether oxygens (including phenoxy) is 3. The standard InChI is InChI=1S/C20H23NO5S3/c1-4-8-21-19(23)17(29-20(21)27)12-14-6-7-15(16(11-14)24-3)26-9-10-28-13-18(22)25-5-2/h4,6-7,11-12H,1,5,8-10,13H2,2-3H3/b17-12-. The van der Waals surface area contributed by atoms with Crippen LogP contribution in [0.5, 0.6) is 11.5 Å². The lowest BCUT2D eigenvalue weighted by Gasteiger charge is -2.11. The van der Waals surface area contributed by atoms with Gasteiger partial charge in [-0.3, -0.25) is 14.5 Å². The molecule has 0 aromatic heterocycles. The zero-order valence-electron chi connectivity index (χ0n) is 16.3. The number of rotatable bonds is 11. The van der Waals surface area contributed by atoms with Gasteiger partial charge in [0.05, 0.1) is 31.0 Å². The van der Waals surface area contributed by atoms with Crippen molar-refractivity contribution in [1.29, 1.82) is 0 Å². The van der Waals surface area contributed by atoms with E-state index in [2.05, 4.69) is 6.58 Å². The number of carbonyl (C=O) groups is 2. The Bertz CT molecular complexity index is 809. The van der Waals surface area contributed by atoms with Crippen molar-refractivity contribution < 1.29 is 23.8 Å². The van der Waals surface area contributed by atoms with Gasteiger partial charge in [-0.05, 0) is 30.7 Å². The first kappa shape index (κ1) is 23.3. The molecule has 0 spiro atoms. The largest absolute Gasteiger partial charge is 0.493 e. The maximum absolute atomic E-state index is 12.4. The lowest BCUT2D eigenvalue weighted by Crippen LogP contribution is -2.27. The molecule has 0 radical (unpaired) electrons. The lowest BCUT2D eigenvalue weighted by atomic mass is 10.2. The second-order valence-electron chi connectivity index (χ2n) is 5.70. The van der Waals surface area contributed by atoms with Crippen molar-refractivity contribution in [1.82, 2.24) is 4.90 Å². The number of nitrogens with zero attached hydrogens (tertiary/aromatic N) is 1. The van der Waals surface area contributed by atoms with E-state index in [4.69, 9.17) is 26.4 Å². The summed E-state index contributed by atoms with van der Waals surface area (Å²) in [6.45, 7) is 6.64. The van der Waals surface area contributed by atoms with E-state index in [1.807, 2.05) is 6.07 Å². The molecule has 9 heteroatoms. The average Bonchev–Trinajstić information content (AvgIpc) is 2.96. The Hall–Kier alpha value is -1.97. The quantitative estimate of drug-likeness (QED) is 0.165. The molecule has 1 fully saturated rings. The van der Waals surface area contributed by atoms with Gasteiger partial charge in [0.15, 0.2) is 11.5 Å². The summed E-state index contributed by atoms with van der Waals surface area (Å²) in [4.78, 5) is 25.8. The van der Waals surface area contributed by atoms with E-state index < -0.39 is 0 Å². The van der Waals surface area contributed by atoms with E-state index in [1.165, 1.54) is 28.4 Å². The third kappa shape index (κ3) is 6.80. The predicted molar refractivity (Wildman–Crippen MR) is 123 cm³/mol. The Morgan fingerprint density at radius 2 is 2.17 bits per heavy atom. The normalized spacial score (nSPS) is 15.0. The highest BCUT2D eigenvalue weighted by Crippen LogP contribution is 2.34. The number of esters is 1. The highest BCUT2D eigenvalue weighted by atomic mass is 32.2. The van der Waals surface area contributed by atoms with Crippen molar-refractivity contribution in [2.45, 2.75) is 6.92 Å². The first-order valence-corrected chi connectivity index (χ1v) is 11.3. The molecule has 1 saturated heterocycles. The van der Waals surface area contributed by atoms with Crippen LogP contribution in [0.2, 0.25) is 0 Å². The number of methoxy groups -OCH3 is 1. The number of thioether (sulfide) groups is 2. The molecule has 156 valence electrons. The topological polar surface area (TPSA) is 65.1 Å². The van der Waals surface area contributed by atoms with Crippen molar-refractivity contribution >= 4 is 58.0 Å². The molecule has 0 N–H and O–H groups in total. The minimum absolute atomic E-state index is 0.127. The SMILES string of the molecule is C=CCN1C(=O)/C(=C/c2ccc(OCCSCC(=O)OCC)c(OC)c2)SC1=S. The molecule has 1 aromatic rings. The van der Waals surface area contributed by atoms with Gasteiger partial charge in [-0.1, -0.05) is 36.1 Å². The van der Waals surface area contributed by atoms with Crippen molar-refractivity contribution in [2.75, 3.05) is 38.4 Å². The third-order valence-electron chi connectivity index (χ3n) is 3.68. The van der Waals surface area contributed by atoms with E-state index in [1.54, 1.807) is 38.3 Å². The molecule has 1 aromatic carbocycles. The molecule has 1 amide bonds. The molecule has 2 rings (SSSR count). The Balaban J connectivity index is 1.96. The van der Waals surface area contributed by atoms with Crippen molar-refractivity contribution in [3.8, 4) is 11.5 Å². The molecule has 0 atom stereocenters. The monoisotopic (exact) mass is 453 g/mol. The summed E-state index contributed by atoms with van der Waals surface area (Å²) in [6.07, 6.45) is 3.43. The van der Waals surface area contributed by atoms with Crippen LogP contribution in [0, 0.1) is 0 Å². The fourth-order valence-corrected chi connectivity index (χ4v) is 4.27. The van der Waals surface area contributed by atoms with Gasteiger partial charge in [0.25, 0.3) is 5.91 Å². The molecule has 1 aliphatic heterocycles. The first-order valence-electron chi connectivity index (χ1n) is 8.90. The van der Waals surface area contributed by atoms with Crippen LogP contribution < -0.4 is 9.47 Å². The fraction of sp³-hybridized carbons (Fsp3) is 0.350. The summed E-state index contributed by atoms with van der Waals surface area (Å²) >= 11 is 7.97. The number of thiocarbonyl (C=S) groups is 1. The van der Waals surface area contributed by atoms with E-state index in [0.717, 1.165) is 5.56 Å². The van der Waals surface area contributed by atoms with Gasteiger partial charge < -0.3 is 14.2 Å². The fourth-order valence-electron chi connectivity index (χ4n) is 2.40. The summed E-state index contributed by atoms with van der Waals surface area (Å²) in [5.41, 5.74) is 0.810. The zero-order valence-corrected chi connectivity index (χ0v) is 18.8. The van der Waals surface area contributed by atoms with Gasteiger partial charge in [0.2, 0.25) is 0 Å². The van der Waals surface area contributed by atoms with Gasteiger partial charge in [-0.25, -0.2) is 0 Å². The molecule has 1 aliphatic rings. The molecule has 0 aliphatic carbocycles. The molecule has 6 nitrogen and oxygen atoms in total. The maximum atomic E-state index is 12.4. The number of amides is 1. The summed E-state index contributed by atoms with van der Waals surface area (Å²) in [5, 5.41) is 0. The van der Waals surface area contributed by atoms with Crippen LogP contribution in [-0.2, 0) is 14.3 Å². The first-order chi connectivity index (χ1) is 14.0. The number of benzene rings is 1. The van der Waals surface area contributed by atoms with Gasteiger partial charge in [0.1, 0.15) is 4.32 Å². The third-order valence-corrected chi connectivity index (χ3v) is 5.95. The second-order valence-corrected chi connectivity index (χ2v) is 8.48. The Kier molecular flexibility index (Phi) is 9.56. The minimum Gasteiger partial charge on any atom is -0.493 e. The summed E-state index contributed by atoms with van der Waals surface area (Å²) < 4.78 is 16.6. The van der Waals surface area contributed by atoms with E-state index in [9.17, 15) is 9.59 Å². The molecular formula is C20H23NO5S3. The Morgan fingerprint density at radius 1 is 1.38 bits per heavy atom. The number of hydrogen-bond donors (Lipinski definition) is 0. The molecule has 0 bridgehead atoms. The van der Waals surface area contributed by atoms with E-state index >= 15 is 0 Å². The Morgan fingerprint density at radius 3 is 2.86 bits per heavy atom. The van der Waals surface area contributed by atoms with Crippen LogP contribution in [0.1, 0.15) is 12.5 Å². The van der Waals surface area contributed by atoms with Crippen LogP contribution >= 0.6 is 35.7 Å².